The van der Waals surface area contributed by atoms with Crippen LogP contribution in [0.2, 0.25) is 0 Å². The molecule has 7 heteroatoms. The number of nitrogens with one attached hydrogen (secondary N) is 2. The number of amides is 1. The van der Waals surface area contributed by atoms with E-state index < -0.39 is 10.0 Å². The van der Waals surface area contributed by atoms with Crippen molar-refractivity contribution >= 4 is 15.9 Å². The Hall–Kier alpha value is -1.44. The second-order valence-corrected chi connectivity index (χ2v) is 8.44. The van der Waals surface area contributed by atoms with E-state index in [1.807, 2.05) is 37.3 Å². The summed E-state index contributed by atoms with van der Waals surface area (Å²) in [6.07, 6.45) is 3.86. The molecule has 1 aliphatic carbocycles. The molecule has 4 atom stereocenters. The van der Waals surface area contributed by atoms with Crippen molar-refractivity contribution in [2.45, 2.75) is 38.3 Å². The van der Waals surface area contributed by atoms with Crippen LogP contribution in [0.25, 0.3) is 0 Å². The minimum Gasteiger partial charge on any atom is -0.355 e. The first-order valence-electron chi connectivity index (χ1n) is 8.33. The lowest BCUT2D eigenvalue weighted by molar-refractivity contribution is -0.125. The van der Waals surface area contributed by atoms with Crippen LogP contribution in [0.1, 0.15) is 37.8 Å². The molecule has 134 valence electrons. The Morgan fingerprint density at radius 3 is 2.58 bits per heavy atom. The highest BCUT2D eigenvalue weighted by molar-refractivity contribution is 7.88. The summed E-state index contributed by atoms with van der Waals surface area (Å²) in [6.45, 7) is 2.28. The third-order valence-corrected chi connectivity index (χ3v) is 5.43. The van der Waals surface area contributed by atoms with Crippen LogP contribution in [0.15, 0.2) is 30.3 Å². The predicted octanol–water partition coefficient (Wildman–Crippen LogP) is 1.16. The van der Waals surface area contributed by atoms with Crippen LogP contribution in [0.5, 0.6) is 0 Å². The van der Waals surface area contributed by atoms with Gasteiger partial charge in [0.25, 0.3) is 0 Å². The van der Waals surface area contributed by atoms with E-state index in [1.165, 1.54) is 6.26 Å². The van der Waals surface area contributed by atoms with E-state index in [2.05, 4.69) is 10.0 Å². The van der Waals surface area contributed by atoms with Gasteiger partial charge in [0.15, 0.2) is 0 Å². The van der Waals surface area contributed by atoms with Gasteiger partial charge in [0.1, 0.15) is 0 Å². The second kappa shape index (κ2) is 8.09. The number of hydrogen-bond acceptors (Lipinski definition) is 4. The summed E-state index contributed by atoms with van der Waals surface area (Å²) in [6, 6.07) is 9.09. The molecule has 1 saturated carbocycles. The maximum Gasteiger partial charge on any atom is 0.224 e. The lowest BCUT2D eigenvalue weighted by atomic mass is 9.94. The molecular formula is C17H27N3O3S. The zero-order chi connectivity index (χ0) is 17.7. The normalized spacial score (nSPS) is 23.6. The quantitative estimate of drug-likeness (QED) is 0.684. The lowest BCUT2D eigenvalue weighted by Gasteiger charge is -2.23. The van der Waals surface area contributed by atoms with E-state index >= 15 is 0 Å². The summed E-state index contributed by atoms with van der Waals surface area (Å²) < 4.78 is 25.5. The molecule has 1 aromatic rings. The summed E-state index contributed by atoms with van der Waals surface area (Å²) in [5, 5.41) is 2.94. The molecule has 0 aliphatic heterocycles. The van der Waals surface area contributed by atoms with Crippen LogP contribution < -0.4 is 15.8 Å². The van der Waals surface area contributed by atoms with Gasteiger partial charge in [-0.1, -0.05) is 43.7 Å². The smallest absolute Gasteiger partial charge is 0.224 e. The van der Waals surface area contributed by atoms with Crippen molar-refractivity contribution in [2.75, 3.05) is 12.8 Å². The second-order valence-electron chi connectivity index (χ2n) is 6.66. The Morgan fingerprint density at radius 1 is 1.29 bits per heavy atom. The van der Waals surface area contributed by atoms with Gasteiger partial charge in [0.05, 0.1) is 12.2 Å². The van der Waals surface area contributed by atoms with Crippen LogP contribution in [-0.2, 0) is 14.8 Å². The highest BCUT2D eigenvalue weighted by atomic mass is 32.2. The van der Waals surface area contributed by atoms with Crippen LogP contribution in [0.3, 0.4) is 0 Å². The fourth-order valence-electron chi connectivity index (χ4n) is 3.23. The number of sulfonamides is 1. The van der Waals surface area contributed by atoms with Gasteiger partial charge in [-0.2, -0.15) is 0 Å². The maximum absolute atomic E-state index is 12.4. The van der Waals surface area contributed by atoms with E-state index in [-0.39, 0.29) is 29.8 Å². The molecule has 1 fully saturated rings. The summed E-state index contributed by atoms with van der Waals surface area (Å²) in [7, 11) is -3.23. The van der Waals surface area contributed by atoms with E-state index in [4.69, 9.17) is 5.73 Å². The van der Waals surface area contributed by atoms with Gasteiger partial charge >= 0.3 is 0 Å². The molecule has 24 heavy (non-hydrogen) atoms. The van der Waals surface area contributed by atoms with E-state index in [1.54, 1.807) is 0 Å². The van der Waals surface area contributed by atoms with Crippen molar-refractivity contribution in [1.29, 1.82) is 0 Å². The van der Waals surface area contributed by atoms with Gasteiger partial charge in [-0.25, -0.2) is 13.1 Å². The molecule has 1 aliphatic rings. The topological polar surface area (TPSA) is 101 Å². The van der Waals surface area contributed by atoms with Crippen molar-refractivity contribution in [2.24, 2.45) is 17.6 Å². The number of carbonyl (C=O) groups excluding carboxylic acids is 1. The molecule has 0 bridgehead atoms. The lowest BCUT2D eigenvalue weighted by Crippen LogP contribution is -2.43. The van der Waals surface area contributed by atoms with Crippen molar-refractivity contribution < 1.29 is 13.2 Å². The standard InChI is InChI=1S/C17H27N3O3S/c1-12(16(18)13-7-4-3-5-8-13)17(21)19-11-14-9-6-10-15(14)20-24(2,22)23/h3-5,7-8,12,14-16,20H,6,9-11,18H2,1-2H3,(H,19,21). The zero-order valence-electron chi connectivity index (χ0n) is 14.2. The maximum atomic E-state index is 12.4. The molecule has 0 spiro atoms. The van der Waals surface area contributed by atoms with Crippen molar-refractivity contribution in [3.8, 4) is 0 Å². The first-order valence-corrected chi connectivity index (χ1v) is 10.2. The Balaban J connectivity index is 1.88. The van der Waals surface area contributed by atoms with Gasteiger partial charge in [-0.15, -0.1) is 0 Å². The van der Waals surface area contributed by atoms with Crippen LogP contribution in [0, 0.1) is 11.8 Å². The predicted molar refractivity (Wildman–Crippen MR) is 94.7 cm³/mol. The van der Waals surface area contributed by atoms with Crippen LogP contribution >= 0.6 is 0 Å². The van der Waals surface area contributed by atoms with E-state index in [0.29, 0.717) is 6.54 Å². The average Bonchev–Trinajstić information content (AvgIpc) is 2.97. The van der Waals surface area contributed by atoms with E-state index in [9.17, 15) is 13.2 Å². The largest absolute Gasteiger partial charge is 0.355 e. The van der Waals surface area contributed by atoms with Gasteiger partial charge in [0.2, 0.25) is 15.9 Å². The Bertz CT molecular complexity index is 648. The summed E-state index contributed by atoms with van der Waals surface area (Å²) in [5.74, 6) is -0.324. The van der Waals surface area contributed by atoms with Crippen molar-refractivity contribution in [3.05, 3.63) is 35.9 Å². The van der Waals surface area contributed by atoms with Crippen molar-refractivity contribution in [1.82, 2.24) is 10.0 Å². The fraction of sp³-hybridized carbons (Fsp3) is 0.588. The average molecular weight is 353 g/mol. The Labute approximate surface area is 144 Å². The van der Waals surface area contributed by atoms with Gasteiger partial charge in [-0.3, -0.25) is 4.79 Å². The summed E-state index contributed by atoms with van der Waals surface area (Å²) in [5.41, 5.74) is 7.11. The molecular weight excluding hydrogens is 326 g/mol. The molecule has 0 radical (unpaired) electrons. The molecule has 1 aromatic carbocycles. The highest BCUT2D eigenvalue weighted by Gasteiger charge is 2.30. The highest BCUT2D eigenvalue weighted by Crippen LogP contribution is 2.26. The zero-order valence-corrected chi connectivity index (χ0v) is 15.1. The summed E-state index contributed by atoms with van der Waals surface area (Å²) >= 11 is 0. The fourth-order valence-corrected chi connectivity index (χ4v) is 4.09. The number of nitrogens with two attached hydrogens (primary N) is 1. The first kappa shape index (κ1) is 18.9. The number of benzene rings is 1. The minimum atomic E-state index is -3.23. The monoisotopic (exact) mass is 353 g/mol. The number of carbonyl (C=O) groups is 1. The molecule has 0 aromatic heterocycles. The van der Waals surface area contributed by atoms with Crippen LogP contribution in [-0.4, -0.2) is 33.2 Å². The Kier molecular flexibility index (Phi) is 6.37. The number of hydrogen-bond donors (Lipinski definition) is 3. The van der Waals surface area contributed by atoms with Crippen molar-refractivity contribution in [3.63, 3.8) is 0 Å². The first-order chi connectivity index (χ1) is 11.3. The molecule has 4 unspecified atom stereocenters. The van der Waals surface area contributed by atoms with Gasteiger partial charge in [0, 0.05) is 18.6 Å². The molecule has 4 N–H and O–H groups in total. The number of rotatable bonds is 7. The minimum absolute atomic E-state index is 0.0987. The van der Waals surface area contributed by atoms with Gasteiger partial charge in [-0.05, 0) is 24.3 Å². The third kappa shape index (κ3) is 5.29. The summed E-state index contributed by atoms with van der Waals surface area (Å²) in [4.78, 5) is 12.4. The van der Waals surface area contributed by atoms with E-state index in [0.717, 1.165) is 24.8 Å². The Morgan fingerprint density at radius 2 is 1.96 bits per heavy atom. The third-order valence-electron chi connectivity index (χ3n) is 4.70. The molecule has 2 rings (SSSR count). The molecule has 1 amide bonds. The molecule has 0 saturated heterocycles. The van der Waals surface area contributed by atoms with Gasteiger partial charge < -0.3 is 11.1 Å². The molecule has 0 heterocycles. The SMILES string of the molecule is CC(C(=O)NCC1CCCC1NS(C)(=O)=O)C(N)c1ccccc1. The van der Waals surface area contributed by atoms with Crippen LogP contribution in [0.4, 0.5) is 0 Å². The molecule has 6 nitrogen and oxygen atoms in total.